The minimum atomic E-state index is -1.08. The van der Waals surface area contributed by atoms with E-state index in [1.807, 2.05) is 97.9 Å². The van der Waals surface area contributed by atoms with Crippen LogP contribution in [-0.4, -0.2) is 108 Å². The maximum Gasteiger partial charge on any atom is 0.254 e. The minimum Gasteiger partial charge on any atom is -0.360 e. The Labute approximate surface area is 347 Å². The molecule has 4 amide bonds. The van der Waals surface area contributed by atoms with Crippen LogP contribution < -0.4 is 16.0 Å². The number of carbonyl (C=O) groups is 4. The van der Waals surface area contributed by atoms with Crippen LogP contribution in [0.1, 0.15) is 72.0 Å². The Kier molecular flexibility index (Phi) is 14.1. The topological polar surface area (TPSA) is 130 Å². The third-order valence-corrected chi connectivity index (χ3v) is 12.1. The van der Waals surface area contributed by atoms with Crippen molar-refractivity contribution in [3.63, 3.8) is 0 Å². The number of likely N-dealkylation sites (N-methyl/N-ethyl adjacent to an activating group) is 1. The van der Waals surface area contributed by atoms with Crippen LogP contribution in [0.15, 0.2) is 97.2 Å². The quantitative estimate of drug-likeness (QED) is 0.0976. The van der Waals surface area contributed by atoms with Crippen molar-refractivity contribution in [2.75, 3.05) is 46.3 Å². The summed E-state index contributed by atoms with van der Waals surface area (Å²) in [5.41, 5.74) is 4.18. The summed E-state index contributed by atoms with van der Waals surface area (Å²) < 4.78 is 0. The van der Waals surface area contributed by atoms with E-state index < -0.39 is 23.9 Å². The Hall–Kier alpha value is -5.52. The van der Waals surface area contributed by atoms with Crippen LogP contribution in [0.25, 0.3) is 21.7 Å². The highest BCUT2D eigenvalue weighted by Crippen LogP contribution is 2.22. The molecule has 59 heavy (non-hydrogen) atoms. The van der Waals surface area contributed by atoms with Gasteiger partial charge < -0.3 is 35.6 Å². The van der Waals surface area contributed by atoms with E-state index in [1.54, 1.807) is 18.1 Å². The van der Waals surface area contributed by atoms with Gasteiger partial charge in [-0.05, 0) is 93.2 Å². The summed E-state index contributed by atoms with van der Waals surface area (Å²) in [6, 6.07) is 28.2. The van der Waals surface area contributed by atoms with Crippen molar-refractivity contribution in [2.45, 2.75) is 83.0 Å². The first-order valence-corrected chi connectivity index (χ1v) is 21.4. The fourth-order valence-electron chi connectivity index (χ4n) is 8.66. The molecule has 4 aromatic carbocycles. The monoisotopic (exact) mass is 797 g/mol. The van der Waals surface area contributed by atoms with Gasteiger partial charge in [0.25, 0.3) is 5.91 Å². The molecular formula is C48H59N7O4. The van der Waals surface area contributed by atoms with E-state index in [-0.39, 0.29) is 31.1 Å². The van der Waals surface area contributed by atoms with Gasteiger partial charge in [0.1, 0.15) is 12.1 Å². The van der Waals surface area contributed by atoms with E-state index in [1.165, 1.54) is 32.4 Å². The number of amides is 4. The summed E-state index contributed by atoms with van der Waals surface area (Å²) in [4.78, 5) is 65.6. The van der Waals surface area contributed by atoms with Crippen LogP contribution in [0.3, 0.4) is 0 Å². The number of likely N-dealkylation sites (tertiary alicyclic amines) is 2. The van der Waals surface area contributed by atoms with Crippen molar-refractivity contribution in [3.8, 4) is 0 Å². The molecule has 0 bridgehead atoms. The maximum absolute atomic E-state index is 14.4. The second-order valence-corrected chi connectivity index (χ2v) is 16.5. The molecule has 11 heteroatoms. The highest BCUT2D eigenvalue weighted by Gasteiger charge is 2.31. The zero-order valence-electron chi connectivity index (χ0n) is 34.6. The number of benzene rings is 4. The number of para-hydroxylation sites is 1. The Morgan fingerprint density at radius 1 is 0.797 bits per heavy atom. The molecule has 11 nitrogen and oxygen atoms in total. The van der Waals surface area contributed by atoms with Gasteiger partial charge in [0.05, 0.1) is 5.56 Å². The van der Waals surface area contributed by atoms with E-state index in [2.05, 4.69) is 30.7 Å². The Balaban J connectivity index is 1.03. The second-order valence-electron chi connectivity index (χ2n) is 16.5. The van der Waals surface area contributed by atoms with Crippen LogP contribution in [0.2, 0.25) is 0 Å². The van der Waals surface area contributed by atoms with Crippen LogP contribution in [-0.2, 0) is 27.3 Å². The van der Waals surface area contributed by atoms with Gasteiger partial charge in [-0.2, -0.15) is 0 Å². The Bertz CT molecular complexity index is 2200. The Morgan fingerprint density at radius 3 is 2.29 bits per heavy atom. The van der Waals surface area contributed by atoms with Crippen LogP contribution in [0.5, 0.6) is 0 Å². The lowest BCUT2D eigenvalue weighted by Gasteiger charge is -2.40. The van der Waals surface area contributed by atoms with Crippen molar-refractivity contribution < 1.29 is 19.2 Å². The molecule has 0 radical (unpaired) electrons. The first-order valence-electron chi connectivity index (χ1n) is 21.4. The molecular weight excluding hydrogens is 739 g/mol. The van der Waals surface area contributed by atoms with Crippen molar-refractivity contribution in [2.24, 2.45) is 0 Å². The number of aromatic nitrogens is 1. The number of hydrogen-bond donors (Lipinski definition) is 4. The zero-order chi connectivity index (χ0) is 41.1. The van der Waals surface area contributed by atoms with E-state index in [0.717, 1.165) is 70.8 Å². The summed E-state index contributed by atoms with van der Waals surface area (Å²) in [5, 5.41) is 11.8. The summed E-state index contributed by atoms with van der Waals surface area (Å²) >= 11 is 0. The van der Waals surface area contributed by atoms with E-state index >= 15 is 0 Å². The zero-order valence-corrected chi connectivity index (χ0v) is 34.6. The predicted octanol–water partition coefficient (Wildman–Crippen LogP) is 5.96. The average molecular weight is 798 g/mol. The number of carbonyl (C=O) groups excluding carboxylic acids is 4. The fraction of sp³-hybridized carbons (Fsp3) is 0.417. The lowest BCUT2D eigenvalue weighted by Crippen LogP contribution is -2.54. The van der Waals surface area contributed by atoms with E-state index in [4.69, 9.17) is 0 Å². The molecule has 0 saturated carbocycles. The lowest BCUT2D eigenvalue weighted by atomic mass is 10.00. The summed E-state index contributed by atoms with van der Waals surface area (Å²) in [7, 11) is 1.74. The van der Waals surface area contributed by atoms with Gasteiger partial charge in [-0.1, -0.05) is 96.9 Å². The smallest absolute Gasteiger partial charge is 0.254 e. The highest BCUT2D eigenvalue weighted by molar-refractivity contribution is 6.08. The van der Waals surface area contributed by atoms with Gasteiger partial charge in [-0.15, -0.1) is 0 Å². The number of hydrogen-bond acceptors (Lipinski definition) is 6. The number of nitrogens with zero attached hydrogens (tertiary/aromatic N) is 3. The van der Waals surface area contributed by atoms with Gasteiger partial charge in [-0.25, -0.2) is 0 Å². The molecule has 2 saturated heterocycles. The molecule has 310 valence electrons. The molecule has 4 N–H and O–H groups in total. The molecule has 3 heterocycles. The summed E-state index contributed by atoms with van der Waals surface area (Å²) in [6.45, 7) is 8.15. The molecule has 0 spiro atoms. The number of rotatable bonds is 16. The largest absolute Gasteiger partial charge is 0.360 e. The normalized spacial score (nSPS) is 16.4. The highest BCUT2D eigenvalue weighted by atomic mass is 16.2. The summed E-state index contributed by atoms with van der Waals surface area (Å²) in [6.07, 6.45) is 8.23. The molecule has 2 aliphatic rings. The van der Waals surface area contributed by atoms with Gasteiger partial charge >= 0.3 is 0 Å². The summed E-state index contributed by atoms with van der Waals surface area (Å²) in [5.74, 6) is -1.41. The second kappa shape index (κ2) is 20.0. The van der Waals surface area contributed by atoms with Crippen molar-refractivity contribution in [1.29, 1.82) is 0 Å². The Morgan fingerprint density at radius 2 is 1.51 bits per heavy atom. The van der Waals surface area contributed by atoms with Crippen LogP contribution >= 0.6 is 0 Å². The molecule has 5 aromatic rings. The number of nitrogens with one attached hydrogen (secondary N) is 4. The number of fused-ring (bicyclic) bond motifs is 2. The number of aryl methyl sites for hydroxylation is 1. The van der Waals surface area contributed by atoms with Crippen molar-refractivity contribution >= 4 is 45.3 Å². The molecule has 7 rings (SSSR count). The van der Waals surface area contributed by atoms with Crippen molar-refractivity contribution in [3.05, 3.63) is 119 Å². The van der Waals surface area contributed by atoms with E-state index in [9.17, 15) is 19.2 Å². The lowest BCUT2D eigenvalue weighted by molar-refractivity contribution is -0.136. The molecule has 2 fully saturated rings. The third-order valence-electron chi connectivity index (χ3n) is 12.1. The van der Waals surface area contributed by atoms with Crippen LogP contribution in [0.4, 0.5) is 0 Å². The predicted molar refractivity (Wildman–Crippen MR) is 234 cm³/mol. The van der Waals surface area contributed by atoms with Gasteiger partial charge in [0, 0.05) is 62.7 Å². The number of H-pyrrole nitrogens is 1. The maximum atomic E-state index is 14.4. The molecule has 2 atom stereocenters. The number of aromatic amines is 1. The fourth-order valence-corrected chi connectivity index (χ4v) is 8.66. The van der Waals surface area contributed by atoms with Gasteiger partial charge in [0.2, 0.25) is 17.7 Å². The molecule has 2 aliphatic heterocycles. The third kappa shape index (κ3) is 11.2. The van der Waals surface area contributed by atoms with E-state index in [0.29, 0.717) is 24.7 Å². The molecule has 2 unspecified atom stereocenters. The van der Waals surface area contributed by atoms with Gasteiger partial charge in [-0.3, -0.25) is 19.2 Å². The molecule has 0 aliphatic carbocycles. The first-order chi connectivity index (χ1) is 28.7. The number of piperidine rings is 2. The first kappa shape index (κ1) is 41.6. The van der Waals surface area contributed by atoms with Crippen molar-refractivity contribution in [1.82, 2.24) is 35.6 Å². The SMILES string of the molecule is Cc1ccc(CN(C)C(=O)C(Cc2ccc3ccccc3c2)NC(=O)C(CCC(=O)NCCN2CCC(N3CCCCC3)CC2)NC(=O)c2c[nH]c3ccccc23)cc1. The van der Waals surface area contributed by atoms with Crippen LogP contribution in [0, 0.1) is 6.92 Å². The van der Waals surface area contributed by atoms with Gasteiger partial charge in [0.15, 0.2) is 0 Å². The molecule has 1 aromatic heterocycles. The minimum absolute atomic E-state index is 0.0277. The average Bonchev–Trinajstić information content (AvgIpc) is 3.70. The standard InChI is InChI=1S/C48H59N7O4/c1-34-14-16-35(17-15-34)33-53(2)48(59)44(31-36-18-19-37-10-4-5-11-38(37)30-36)52-47(58)43(51-46(57)41-32-50-42-13-7-6-12-40(41)42)20-21-45(56)49-24-29-54-27-22-39(23-28-54)55-25-8-3-9-26-55/h4-7,10-19,30,32,39,43-44,50H,3,8-9,20-29,31,33H2,1-2H3,(H,49,56)(H,51,57)(H,52,58).